The zero-order valence-corrected chi connectivity index (χ0v) is 11.2. The Bertz CT molecular complexity index is 571. The SMILES string of the molecule is CCOC(=O)C1=Cc2ccccc2NC1(Cl)C(F)(F)F. The smallest absolute Gasteiger partial charge is 0.430 e. The van der Waals surface area contributed by atoms with Gasteiger partial charge in [-0.2, -0.15) is 13.2 Å². The lowest BCUT2D eigenvalue weighted by Gasteiger charge is -2.36. The summed E-state index contributed by atoms with van der Waals surface area (Å²) in [5.74, 6) is -1.10. The van der Waals surface area contributed by atoms with Crippen LogP contribution in [-0.2, 0) is 9.53 Å². The van der Waals surface area contributed by atoms with Crippen LogP contribution < -0.4 is 5.32 Å². The molecule has 0 saturated heterocycles. The number of ether oxygens (including phenoxy) is 1. The van der Waals surface area contributed by atoms with Gasteiger partial charge in [-0.15, -0.1) is 0 Å². The van der Waals surface area contributed by atoms with Gasteiger partial charge in [0.15, 0.2) is 0 Å². The zero-order chi connectivity index (χ0) is 15.0. The summed E-state index contributed by atoms with van der Waals surface area (Å²) < 4.78 is 44.3. The maximum absolute atomic E-state index is 13.2. The summed E-state index contributed by atoms with van der Waals surface area (Å²) in [6.07, 6.45) is -3.76. The van der Waals surface area contributed by atoms with E-state index in [0.717, 1.165) is 6.08 Å². The van der Waals surface area contributed by atoms with Crippen LogP contribution in [0.2, 0.25) is 0 Å². The second kappa shape index (κ2) is 5.01. The van der Waals surface area contributed by atoms with Gasteiger partial charge in [0.05, 0.1) is 12.2 Å². The third-order valence-electron chi connectivity index (χ3n) is 2.82. The van der Waals surface area contributed by atoms with Crippen molar-refractivity contribution < 1.29 is 22.7 Å². The van der Waals surface area contributed by atoms with Crippen LogP contribution in [0.1, 0.15) is 12.5 Å². The molecule has 0 spiro atoms. The minimum atomic E-state index is -4.86. The van der Waals surface area contributed by atoms with Gasteiger partial charge in [0.2, 0.25) is 5.00 Å². The Morgan fingerprint density at radius 3 is 2.65 bits per heavy atom. The van der Waals surface area contributed by atoms with Gasteiger partial charge >= 0.3 is 12.1 Å². The highest BCUT2D eigenvalue weighted by molar-refractivity contribution is 6.32. The van der Waals surface area contributed by atoms with E-state index in [0.29, 0.717) is 5.56 Å². The van der Waals surface area contributed by atoms with Crippen molar-refractivity contribution in [1.29, 1.82) is 0 Å². The molecule has 0 aromatic heterocycles. The van der Waals surface area contributed by atoms with E-state index >= 15 is 0 Å². The molecule has 3 nitrogen and oxygen atoms in total. The average Bonchev–Trinajstić information content (AvgIpc) is 2.36. The van der Waals surface area contributed by atoms with E-state index in [4.69, 9.17) is 11.6 Å². The lowest BCUT2D eigenvalue weighted by molar-refractivity contribution is -0.156. The number of hydrogen-bond acceptors (Lipinski definition) is 3. The van der Waals surface area contributed by atoms with Gasteiger partial charge in [-0.25, -0.2) is 4.79 Å². The Morgan fingerprint density at radius 1 is 1.40 bits per heavy atom. The largest absolute Gasteiger partial charge is 0.463 e. The number of alkyl halides is 4. The molecule has 1 aromatic rings. The first-order chi connectivity index (χ1) is 9.29. The molecule has 1 unspecified atom stereocenters. The van der Waals surface area contributed by atoms with E-state index < -0.39 is 22.7 Å². The molecule has 1 aliphatic heterocycles. The van der Waals surface area contributed by atoms with E-state index in [1.165, 1.54) is 13.0 Å². The van der Waals surface area contributed by atoms with Gasteiger partial charge in [0, 0.05) is 5.69 Å². The van der Waals surface area contributed by atoms with Crippen molar-refractivity contribution >= 4 is 29.3 Å². The summed E-state index contributed by atoms with van der Waals surface area (Å²) in [4.78, 5) is 8.76. The first-order valence-corrected chi connectivity index (χ1v) is 6.19. The molecule has 1 aliphatic rings. The van der Waals surface area contributed by atoms with Crippen molar-refractivity contribution in [1.82, 2.24) is 0 Å². The summed E-state index contributed by atoms with van der Waals surface area (Å²) in [5.41, 5.74) is -0.0313. The van der Waals surface area contributed by atoms with Crippen LogP contribution in [0.25, 0.3) is 6.08 Å². The minimum Gasteiger partial charge on any atom is -0.463 e. The summed E-state index contributed by atoms with van der Waals surface area (Å²) in [5, 5.41) is 2.17. The Hall–Kier alpha value is -1.69. The first kappa shape index (κ1) is 14.7. The molecular weight excluding hydrogens is 295 g/mol. The van der Waals surface area contributed by atoms with Crippen molar-refractivity contribution in [2.45, 2.75) is 18.1 Å². The first-order valence-electron chi connectivity index (χ1n) is 5.81. The Morgan fingerprint density at radius 2 is 2.05 bits per heavy atom. The van der Waals surface area contributed by atoms with Crippen LogP contribution in [0, 0.1) is 0 Å². The molecule has 0 bridgehead atoms. The van der Waals surface area contributed by atoms with Crippen LogP contribution in [0.15, 0.2) is 29.8 Å². The van der Waals surface area contributed by atoms with E-state index in [9.17, 15) is 18.0 Å². The Labute approximate surface area is 118 Å². The third kappa shape index (κ3) is 2.35. The quantitative estimate of drug-likeness (QED) is 0.516. The van der Waals surface area contributed by atoms with Crippen LogP contribution in [0.4, 0.5) is 18.9 Å². The predicted molar refractivity (Wildman–Crippen MR) is 69.3 cm³/mol. The lowest BCUT2D eigenvalue weighted by atomic mass is 9.96. The molecule has 1 heterocycles. The number of hydrogen-bond donors (Lipinski definition) is 1. The maximum atomic E-state index is 13.2. The second-order valence-corrected chi connectivity index (χ2v) is 4.71. The fraction of sp³-hybridized carbons (Fsp3) is 0.308. The van der Waals surface area contributed by atoms with Gasteiger partial charge in [-0.3, -0.25) is 0 Å². The topological polar surface area (TPSA) is 38.3 Å². The van der Waals surface area contributed by atoms with Crippen LogP contribution >= 0.6 is 11.6 Å². The summed E-state index contributed by atoms with van der Waals surface area (Å²) in [6.45, 7) is 1.47. The number of anilines is 1. The molecule has 0 aliphatic carbocycles. The second-order valence-electron chi connectivity index (χ2n) is 4.15. The van der Waals surface area contributed by atoms with E-state index in [2.05, 4.69) is 10.1 Å². The van der Waals surface area contributed by atoms with Crippen molar-refractivity contribution in [3.05, 3.63) is 35.4 Å². The Kier molecular flexibility index (Phi) is 3.69. The van der Waals surface area contributed by atoms with Crippen molar-refractivity contribution in [3.8, 4) is 0 Å². The number of esters is 1. The fourth-order valence-electron chi connectivity index (χ4n) is 1.88. The number of carbonyl (C=O) groups excluding carboxylic acids is 1. The molecule has 1 N–H and O–H groups in total. The number of fused-ring (bicyclic) bond motifs is 1. The standard InChI is InChI=1S/C13H11ClF3NO2/c1-2-20-11(19)9-7-8-5-3-4-6-10(8)18-12(9,14)13(15,16)17/h3-7,18H,2H2,1H3. The highest BCUT2D eigenvalue weighted by Crippen LogP contribution is 2.46. The third-order valence-corrected chi connectivity index (χ3v) is 3.34. The number of carbonyl (C=O) groups is 1. The van der Waals surface area contributed by atoms with Crippen molar-refractivity contribution in [2.24, 2.45) is 0 Å². The molecule has 0 fully saturated rings. The van der Waals surface area contributed by atoms with Gasteiger partial charge in [0.25, 0.3) is 0 Å². The summed E-state index contributed by atoms with van der Waals surface area (Å²) in [6, 6.07) is 6.25. The van der Waals surface area contributed by atoms with E-state index in [1.54, 1.807) is 18.2 Å². The molecule has 20 heavy (non-hydrogen) atoms. The van der Waals surface area contributed by atoms with E-state index in [-0.39, 0.29) is 12.3 Å². The number of halogens is 4. The lowest BCUT2D eigenvalue weighted by Crippen LogP contribution is -2.52. The Balaban J connectivity index is 2.56. The highest BCUT2D eigenvalue weighted by atomic mass is 35.5. The van der Waals surface area contributed by atoms with Gasteiger partial charge in [-0.05, 0) is 24.6 Å². The van der Waals surface area contributed by atoms with Crippen LogP contribution in [-0.4, -0.2) is 23.8 Å². The van der Waals surface area contributed by atoms with Gasteiger partial charge in [-0.1, -0.05) is 29.8 Å². The molecule has 7 heteroatoms. The number of benzene rings is 1. The van der Waals surface area contributed by atoms with Crippen LogP contribution in [0.3, 0.4) is 0 Å². The molecule has 0 saturated carbocycles. The monoisotopic (exact) mass is 305 g/mol. The number of para-hydroxylation sites is 1. The van der Waals surface area contributed by atoms with E-state index in [1.807, 2.05) is 0 Å². The molecule has 2 rings (SSSR count). The van der Waals surface area contributed by atoms with Gasteiger partial charge in [0.1, 0.15) is 0 Å². The molecule has 108 valence electrons. The molecule has 0 radical (unpaired) electrons. The van der Waals surface area contributed by atoms with Crippen molar-refractivity contribution in [3.63, 3.8) is 0 Å². The molecule has 1 atom stereocenters. The summed E-state index contributed by atoms with van der Waals surface area (Å²) >= 11 is 5.67. The fourth-order valence-corrected chi connectivity index (χ4v) is 2.11. The van der Waals surface area contributed by atoms with Crippen molar-refractivity contribution in [2.75, 3.05) is 11.9 Å². The zero-order valence-electron chi connectivity index (χ0n) is 10.4. The molecule has 0 amide bonds. The van der Waals surface area contributed by atoms with Crippen LogP contribution in [0.5, 0.6) is 0 Å². The summed E-state index contributed by atoms with van der Waals surface area (Å²) in [7, 11) is 0. The maximum Gasteiger partial charge on any atom is 0.430 e. The molecule has 1 aromatic carbocycles. The normalized spacial score (nSPS) is 21.6. The van der Waals surface area contributed by atoms with Gasteiger partial charge < -0.3 is 10.1 Å². The number of rotatable bonds is 2. The molecular formula is C13H11ClF3NO2. The minimum absolute atomic E-state index is 0.0390. The highest BCUT2D eigenvalue weighted by Gasteiger charge is 2.60. The number of nitrogens with one attached hydrogen (secondary N) is 1. The average molecular weight is 306 g/mol. The predicted octanol–water partition coefficient (Wildman–Crippen LogP) is 3.56.